The van der Waals surface area contributed by atoms with Crippen LogP contribution in [0.15, 0.2) is 35.7 Å². The van der Waals surface area contributed by atoms with Crippen LogP contribution in [0.1, 0.15) is 16.5 Å². The zero-order valence-corrected chi connectivity index (χ0v) is 11.0. The predicted molar refractivity (Wildman–Crippen MR) is 68.5 cm³/mol. The van der Waals surface area contributed by atoms with Gasteiger partial charge in [0.25, 0.3) is 0 Å². The Hall–Kier alpha value is -1.24. The highest BCUT2D eigenvalue weighted by molar-refractivity contribution is 7.10. The lowest BCUT2D eigenvalue weighted by molar-refractivity contribution is -0.274. The van der Waals surface area contributed by atoms with Crippen molar-refractivity contribution in [2.24, 2.45) is 5.73 Å². The van der Waals surface area contributed by atoms with Gasteiger partial charge >= 0.3 is 6.36 Å². The second kappa shape index (κ2) is 5.40. The molecule has 0 aliphatic carbocycles. The van der Waals surface area contributed by atoms with Crippen LogP contribution >= 0.6 is 22.9 Å². The molecule has 0 saturated heterocycles. The Balaban J connectivity index is 2.17. The van der Waals surface area contributed by atoms with Gasteiger partial charge in [-0.25, -0.2) is 0 Å². The third-order valence-corrected chi connectivity index (χ3v) is 3.84. The monoisotopic (exact) mass is 307 g/mol. The molecule has 0 fully saturated rings. The number of rotatable bonds is 3. The average Bonchev–Trinajstić information content (AvgIpc) is 2.73. The van der Waals surface area contributed by atoms with Crippen LogP contribution < -0.4 is 10.5 Å². The summed E-state index contributed by atoms with van der Waals surface area (Å²) in [5.74, 6) is -0.277. The first-order chi connectivity index (χ1) is 8.87. The molecule has 1 aromatic carbocycles. The minimum Gasteiger partial charge on any atom is -0.406 e. The van der Waals surface area contributed by atoms with E-state index in [2.05, 4.69) is 4.74 Å². The standard InChI is InChI=1S/C12H9ClF3NOS/c13-9-5-6-19-11(9)10(17)7-1-3-8(4-2-7)18-12(14,15)16/h1-6,10H,17H2/t10-/m0/s1. The molecule has 0 aliphatic rings. The summed E-state index contributed by atoms with van der Waals surface area (Å²) >= 11 is 7.36. The highest BCUT2D eigenvalue weighted by Gasteiger charge is 2.31. The highest BCUT2D eigenvalue weighted by atomic mass is 35.5. The number of thiophene rings is 1. The summed E-state index contributed by atoms with van der Waals surface area (Å²) in [6, 6.07) is 6.69. The molecule has 2 aromatic rings. The first-order valence-electron chi connectivity index (χ1n) is 5.21. The van der Waals surface area contributed by atoms with Crippen molar-refractivity contribution >= 4 is 22.9 Å². The first-order valence-corrected chi connectivity index (χ1v) is 6.47. The van der Waals surface area contributed by atoms with Crippen LogP contribution in [0.5, 0.6) is 5.75 Å². The molecule has 0 unspecified atom stereocenters. The Morgan fingerprint density at radius 1 is 1.16 bits per heavy atom. The minimum absolute atomic E-state index is 0.277. The van der Waals surface area contributed by atoms with Gasteiger partial charge in [0.1, 0.15) is 5.75 Å². The number of halogens is 4. The largest absolute Gasteiger partial charge is 0.573 e. The summed E-state index contributed by atoms with van der Waals surface area (Å²) in [6.45, 7) is 0. The Kier molecular flexibility index (Phi) is 4.03. The molecule has 0 saturated carbocycles. The normalized spacial score (nSPS) is 13.3. The molecule has 2 rings (SSSR count). The van der Waals surface area contributed by atoms with Crippen molar-refractivity contribution in [3.63, 3.8) is 0 Å². The van der Waals surface area contributed by atoms with E-state index in [1.54, 1.807) is 11.4 Å². The van der Waals surface area contributed by atoms with E-state index >= 15 is 0 Å². The van der Waals surface area contributed by atoms with Crippen molar-refractivity contribution in [2.75, 3.05) is 0 Å². The lowest BCUT2D eigenvalue weighted by Crippen LogP contribution is -2.17. The fraction of sp³-hybridized carbons (Fsp3) is 0.167. The van der Waals surface area contributed by atoms with Gasteiger partial charge in [-0.1, -0.05) is 23.7 Å². The molecule has 0 amide bonds. The van der Waals surface area contributed by atoms with Crippen LogP contribution in [-0.4, -0.2) is 6.36 Å². The van der Waals surface area contributed by atoms with E-state index in [1.165, 1.54) is 35.6 Å². The molecule has 102 valence electrons. The molecule has 2 nitrogen and oxygen atoms in total. The number of alkyl halides is 3. The molecule has 0 radical (unpaired) electrons. The lowest BCUT2D eigenvalue weighted by atomic mass is 10.1. The van der Waals surface area contributed by atoms with Gasteiger partial charge in [0, 0.05) is 4.88 Å². The second-order valence-electron chi connectivity index (χ2n) is 3.73. The minimum atomic E-state index is -4.69. The summed E-state index contributed by atoms with van der Waals surface area (Å²) < 4.78 is 39.8. The Morgan fingerprint density at radius 3 is 2.26 bits per heavy atom. The number of hydrogen-bond acceptors (Lipinski definition) is 3. The summed E-state index contributed by atoms with van der Waals surface area (Å²) in [5.41, 5.74) is 6.67. The van der Waals surface area contributed by atoms with Crippen molar-refractivity contribution in [1.29, 1.82) is 0 Å². The first kappa shape index (κ1) is 14.2. The highest BCUT2D eigenvalue weighted by Crippen LogP contribution is 2.32. The van der Waals surface area contributed by atoms with Crippen LogP contribution in [0.4, 0.5) is 13.2 Å². The van der Waals surface area contributed by atoms with E-state index in [0.717, 1.165) is 4.88 Å². The van der Waals surface area contributed by atoms with Gasteiger partial charge < -0.3 is 10.5 Å². The third kappa shape index (κ3) is 3.62. The molecule has 0 bridgehead atoms. The molecular formula is C12H9ClF3NOS. The molecule has 1 heterocycles. The van der Waals surface area contributed by atoms with E-state index in [9.17, 15) is 13.2 Å². The van der Waals surface area contributed by atoms with Gasteiger partial charge in [0.05, 0.1) is 11.1 Å². The van der Waals surface area contributed by atoms with E-state index < -0.39 is 12.4 Å². The van der Waals surface area contributed by atoms with Gasteiger partial charge in [-0.15, -0.1) is 24.5 Å². The van der Waals surface area contributed by atoms with E-state index in [-0.39, 0.29) is 5.75 Å². The zero-order valence-electron chi connectivity index (χ0n) is 9.45. The fourth-order valence-corrected chi connectivity index (χ4v) is 2.76. The van der Waals surface area contributed by atoms with Crippen LogP contribution in [0.3, 0.4) is 0 Å². The topological polar surface area (TPSA) is 35.2 Å². The summed E-state index contributed by atoms with van der Waals surface area (Å²) in [7, 11) is 0. The Labute approximate surface area is 116 Å². The average molecular weight is 308 g/mol. The van der Waals surface area contributed by atoms with Crippen LogP contribution in [-0.2, 0) is 0 Å². The fourth-order valence-electron chi connectivity index (χ4n) is 1.56. The maximum Gasteiger partial charge on any atom is 0.573 e. The van der Waals surface area contributed by atoms with Crippen LogP contribution in [0.25, 0.3) is 0 Å². The SMILES string of the molecule is N[C@@H](c1ccc(OC(F)(F)F)cc1)c1sccc1Cl. The maximum atomic E-state index is 12.0. The second-order valence-corrected chi connectivity index (χ2v) is 5.08. The van der Waals surface area contributed by atoms with E-state index in [4.69, 9.17) is 17.3 Å². The molecule has 1 atom stereocenters. The Bertz CT molecular complexity index is 553. The van der Waals surface area contributed by atoms with Gasteiger partial charge in [0.2, 0.25) is 0 Å². The van der Waals surface area contributed by atoms with Gasteiger partial charge in [-0.05, 0) is 29.1 Å². The van der Waals surface area contributed by atoms with Gasteiger partial charge in [-0.3, -0.25) is 0 Å². The van der Waals surface area contributed by atoms with Crippen molar-refractivity contribution < 1.29 is 17.9 Å². The summed E-state index contributed by atoms with van der Waals surface area (Å²) in [5, 5.41) is 2.35. The molecule has 19 heavy (non-hydrogen) atoms. The zero-order chi connectivity index (χ0) is 14.0. The van der Waals surface area contributed by atoms with Crippen molar-refractivity contribution in [3.05, 3.63) is 51.2 Å². The van der Waals surface area contributed by atoms with Crippen LogP contribution in [0.2, 0.25) is 5.02 Å². The third-order valence-electron chi connectivity index (χ3n) is 2.40. The lowest BCUT2D eigenvalue weighted by Gasteiger charge is -2.13. The number of nitrogens with two attached hydrogens (primary N) is 1. The summed E-state index contributed by atoms with van der Waals surface area (Å²) in [6.07, 6.45) is -4.69. The molecule has 1 aromatic heterocycles. The van der Waals surface area contributed by atoms with Gasteiger partial charge in [-0.2, -0.15) is 0 Å². The van der Waals surface area contributed by atoms with Crippen molar-refractivity contribution in [1.82, 2.24) is 0 Å². The molecule has 0 aliphatic heterocycles. The van der Waals surface area contributed by atoms with Crippen LogP contribution in [0, 0.1) is 0 Å². The maximum absolute atomic E-state index is 12.0. The Morgan fingerprint density at radius 2 is 1.79 bits per heavy atom. The number of benzene rings is 1. The molecule has 0 spiro atoms. The molecular weight excluding hydrogens is 299 g/mol. The smallest absolute Gasteiger partial charge is 0.406 e. The number of hydrogen-bond donors (Lipinski definition) is 1. The predicted octanol–water partition coefficient (Wildman–Crippen LogP) is 4.35. The van der Waals surface area contributed by atoms with E-state index in [1.807, 2.05) is 0 Å². The quantitative estimate of drug-likeness (QED) is 0.915. The van der Waals surface area contributed by atoms with E-state index in [0.29, 0.717) is 10.6 Å². The van der Waals surface area contributed by atoms with Crippen molar-refractivity contribution in [2.45, 2.75) is 12.4 Å². The summed E-state index contributed by atoms with van der Waals surface area (Å²) in [4.78, 5) is 0.770. The molecule has 2 N–H and O–H groups in total. The number of ether oxygens (including phenoxy) is 1. The molecule has 7 heteroatoms. The van der Waals surface area contributed by atoms with Gasteiger partial charge in [0.15, 0.2) is 0 Å². The van der Waals surface area contributed by atoms with Crippen molar-refractivity contribution in [3.8, 4) is 5.75 Å².